The number of aromatic nitrogens is 2. The van der Waals surface area contributed by atoms with Crippen LogP contribution in [0.25, 0.3) is 11.5 Å². The molecule has 0 atom stereocenters. The van der Waals surface area contributed by atoms with Gasteiger partial charge < -0.3 is 4.52 Å². The van der Waals surface area contributed by atoms with Crippen molar-refractivity contribution in [2.75, 3.05) is 11.0 Å². The number of sulfonamides is 1. The lowest BCUT2D eigenvalue weighted by Gasteiger charge is -2.03. The molecule has 6 nitrogen and oxygen atoms in total. The zero-order chi connectivity index (χ0) is 17.2. The van der Waals surface area contributed by atoms with Crippen molar-refractivity contribution in [2.24, 2.45) is 0 Å². The van der Waals surface area contributed by atoms with Crippen LogP contribution in [0.1, 0.15) is 11.4 Å². The summed E-state index contributed by atoms with van der Waals surface area (Å²) in [6.07, 6.45) is 1.57. The third kappa shape index (κ3) is 4.12. The van der Waals surface area contributed by atoms with Crippen LogP contribution in [-0.4, -0.2) is 24.8 Å². The highest BCUT2D eigenvalue weighted by atomic mass is 35.5. The second-order valence-electron chi connectivity index (χ2n) is 5.24. The number of nitrogens with one attached hydrogen (secondary N) is 1. The second kappa shape index (κ2) is 6.62. The lowest BCUT2D eigenvalue weighted by molar-refractivity contribution is 0.424. The van der Waals surface area contributed by atoms with E-state index in [1.54, 1.807) is 24.3 Å². The highest BCUT2D eigenvalue weighted by Crippen LogP contribution is 2.22. The molecule has 0 fully saturated rings. The van der Waals surface area contributed by atoms with Gasteiger partial charge in [0, 0.05) is 22.7 Å². The van der Waals surface area contributed by atoms with Gasteiger partial charge in [0.15, 0.2) is 5.82 Å². The second-order valence-corrected chi connectivity index (χ2v) is 7.39. The zero-order valence-corrected chi connectivity index (χ0v) is 14.3. The number of anilines is 1. The summed E-state index contributed by atoms with van der Waals surface area (Å²) in [6, 6.07) is 14.2. The van der Waals surface area contributed by atoms with Gasteiger partial charge in [-0.1, -0.05) is 35.0 Å². The molecule has 0 amide bonds. The number of hydrogen-bond donors (Lipinski definition) is 1. The predicted octanol–water partition coefficient (Wildman–Crippen LogP) is 3.35. The van der Waals surface area contributed by atoms with Crippen LogP contribution >= 0.6 is 11.6 Å². The van der Waals surface area contributed by atoms with Crippen molar-refractivity contribution in [3.63, 3.8) is 0 Å². The van der Waals surface area contributed by atoms with E-state index in [1.807, 2.05) is 24.3 Å². The van der Waals surface area contributed by atoms with E-state index < -0.39 is 10.0 Å². The number of halogens is 1. The Bertz CT molecular complexity index is 953. The van der Waals surface area contributed by atoms with Crippen LogP contribution < -0.4 is 4.72 Å². The van der Waals surface area contributed by atoms with E-state index in [9.17, 15) is 8.42 Å². The van der Waals surface area contributed by atoms with Crippen molar-refractivity contribution >= 4 is 27.3 Å². The molecule has 1 aromatic heterocycles. The first-order chi connectivity index (χ1) is 11.4. The Morgan fingerprint density at radius 3 is 2.50 bits per heavy atom. The van der Waals surface area contributed by atoms with Gasteiger partial charge in [-0.3, -0.25) is 4.72 Å². The molecule has 0 aliphatic carbocycles. The summed E-state index contributed by atoms with van der Waals surface area (Å²) >= 11 is 6.13. The molecular weight excluding hydrogens is 350 g/mol. The van der Waals surface area contributed by atoms with Crippen molar-refractivity contribution in [1.29, 1.82) is 0 Å². The lowest BCUT2D eigenvalue weighted by Crippen LogP contribution is -2.09. The van der Waals surface area contributed by atoms with Gasteiger partial charge in [0.2, 0.25) is 10.0 Å². The summed E-state index contributed by atoms with van der Waals surface area (Å²) in [4.78, 5) is 4.35. The predicted molar refractivity (Wildman–Crippen MR) is 92.5 cm³/mol. The molecule has 0 aliphatic rings. The summed E-state index contributed by atoms with van der Waals surface area (Å²) in [6.45, 7) is 0. The van der Waals surface area contributed by atoms with E-state index >= 15 is 0 Å². The van der Waals surface area contributed by atoms with Gasteiger partial charge in [-0.25, -0.2) is 8.42 Å². The molecule has 3 aromatic rings. The maximum absolute atomic E-state index is 11.2. The molecule has 0 radical (unpaired) electrons. The third-order valence-electron chi connectivity index (χ3n) is 3.21. The third-order valence-corrected chi connectivity index (χ3v) is 4.18. The Labute approximate surface area is 144 Å². The smallest absolute Gasteiger partial charge is 0.257 e. The fourth-order valence-electron chi connectivity index (χ4n) is 2.15. The highest BCUT2D eigenvalue weighted by molar-refractivity contribution is 7.92. The Morgan fingerprint density at radius 1 is 1.12 bits per heavy atom. The first-order valence-corrected chi connectivity index (χ1v) is 9.32. The van der Waals surface area contributed by atoms with Gasteiger partial charge in [0.1, 0.15) is 0 Å². The first kappa shape index (κ1) is 16.5. The monoisotopic (exact) mass is 363 g/mol. The maximum atomic E-state index is 11.2. The molecule has 0 unspecified atom stereocenters. The number of nitrogens with zero attached hydrogens (tertiary/aromatic N) is 2. The first-order valence-electron chi connectivity index (χ1n) is 7.05. The molecule has 3 rings (SSSR count). The fraction of sp³-hybridized carbons (Fsp3) is 0.125. The molecule has 124 valence electrons. The van der Waals surface area contributed by atoms with Crippen LogP contribution in [-0.2, 0) is 16.4 Å². The van der Waals surface area contributed by atoms with Crippen molar-refractivity contribution < 1.29 is 12.9 Å². The van der Waals surface area contributed by atoms with Crippen LogP contribution in [0.15, 0.2) is 53.1 Å². The van der Waals surface area contributed by atoms with Gasteiger partial charge in [0.25, 0.3) is 5.89 Å². The quantitative estimate of drug-likeness (QED) is 0.751. The molecule has 0 saturated carbocycles. The Morgan fingerprint density at radius 2 is 1.83 bits per heavy atom. The molecule has 24 heavy (non-hydrogen) atoms. The van der Waals surface area contributed by atoms with E-state index in [0.717, 1.165) is 11.8 Å². The standard InChI is InChI=1S/C16H14ClN3O3S/c1-24(21,22)20-13-8-6-11(7-9-13)16-18-15(19-23-16)10-12-4-2-3-5-14(12)17/h2-9,20H,10H2,1H3. The van der Waals surface area contributed by atoms with Crippen LogP contribution in [0.2, 0.25) is 5.02 Å². The average molecular weight is 364 g/mol. The molecule has 8 heteroatoms. The van der Waals surface area contributed by atoms with E-state index in [2.05, 4.69) is 14.9 Å². The fourth-order valence-corrected chi connectivity index (χ4v) is 2.92. The number of benzene rings is 2. The molecule has 0 aliphatic heterocycles. The highest BCUT2D eigenvalue weighted by Gasteiger charge is 2.11. The number of rotatable bonds is 5. The molecule has 0 spiro atoms. The molecule has 0 saturated heterocycles. The molecular formula is C16H14ClN3O3S. The van der Waals surface area contributed by atoms with Crippen molar-refractivity contribution in [1.82, 2.24) is 10.1 Å². The summed E-state index contributed by atoms with van der Waals surface area (Å²) < 4.78 is 30.0. The minimum atomic E-state index is -3.30. The van der Waals surface area contributed by atoms with E-state index in [1.165, 1.54) is 0 Å². The Hall–Kier alpha value is -2.38. The van der Waals surface area contributed by atoms with Gasteiger partial charge >= 0.3 is 0 Å². The van der Waals surface area contributed by atoms with Gasteiger partial charge in [0.05, 0.1) is 6.26 Å². The Balaban J connectivity index is 1.77. The molecule has 1 heterocycles. The maximum Gasteiger partial charge on any atom is 0.257 e. The molecule has 0 bridgehead atoms. The Kier molecular flexibility index (Phi) is 4.55. The van der Waals surface area contributed by atoms with Crippen molar-refractivity contribution in [3.8, 4) is 11.5 Å². The normalized spacial score (nSPS) is 11.4. The summed E-state index contributed by atoms with van der Waals surface area (Å²) in [5.74, 6) is 0.888. The molecule has 1 N–H and O–H groups in total. The van der Waals surface area contributed by atoms with Crippen molar-refractivity contribution in [2.45, 2.75) is 6.42 Å². The zero-order valence-electron chi connectivity index (χ0n) is 12.7. The van der Waals surface area contributed by atoms with Crippen LogP contribution in [0.4, 0.5) is 5.69 Å². The van der Waals surface area contributed by atoms with E-state index in [-0.39, 0.29) is 0 Å². The SMILES string of the molecule is CS(=O)(=O)Nc1ccc(-c2nc(Cc3ccccc3Cl)no2)cc1. The molecule has 2 aromatic carbocycles. The minimum Gasteiger partial charge on any atom is -0.334 e. The summed E-state index contributed by atoms with van der Waals surface area (Å²) in [5.41, 5.74) is 2.09. The van der Waals surface area contributed by atoms with Crippen LogP contribution in [0.3, 0.4) is 0 Å². The average Bonchev–Trinajstić information content (AvgIpc) is 2.97. The summed E-state index contributed by atoms with van der Waals surface area (Å²) in [7, 11) is -3.30. The van der Waals surface area contributed by atoms with Crippen LogP contribution in [0, 0.1) is 0 Å². The van der Waals surface area contributed by atoms with Gasteiger partial charge in [-0.15, -0.1) is 0 Å². The number of hydrogen-bond acceptors (Lipinski definition) is 5. The van der Waals surface area contributed by atoms with Crippen LogP contribution in [0.5, 0.6) is 0 Å². The van der Waals surface area contributed by atoms with E-state index in [4.69, 9.17) is 16.1 Å². The van der Waals surface area contributed by atoms with Gasteiger partial charge in [-0.05, 0) is 35.9 Å². The topological polar surface area (TPSA) is 85.1 Å². The van der Waals surface area contributed by atoms with E-state index in [0.29, 0.717) is 34.4 Å². The van der Waals surface area contributed by atoms with Crippen molar-refractivity contribution in [3.05, 3.63) is 64.9 Å². The largest absolute Gasteiger partial charge is 0.334 e. The minimum absolute atomic E-state index is 0.364. The van der Waals surface area contributed by atoms with Gasteiger partial charge in [-0.2, -0.15) is 4.98 Å². The lowest BCUT2D eigenvalue weighted by atomic mass is 10.1. The summed E-state index contributed by atoms with van der Waals surface area (Å²) in [5, 5.41) is 4.61.